The van der Waals surface area contributed by atoms with Gasteiger partial charge in [-0.15, -0.1) is 12.4 Å². The molecule has 1 unspecified atom stereocenters. The molecule has 1 spiro atoms. The molecule has 2 heterocycles. The fraction of sp³-hybridized carbons (Fsp3) is 0.364. The third kappa shape index (κ3) is 2.09. The topological polar surface area (TPSA) is 56.4 Å². The van der Waals surface area contributed by atoms with Crippen molar-refractivity contribution in [1.29, 1.82) is 0 Å². The van der Waals surface area contributed by atoms with Gasteiger partial charge in [0.15, 0.2) is 0 Å². The minimum Gasteiger partial charge on any atom is -0.316 e. The van der Waals surface area contributed by atoms with Crippen LogP contribution < -0.4 is 21.1 Å². The van der Waals surface area contributed by atoms with E-state index in [2.05, 4.69) is 16.1 Å². The van der Waals surface area contributed by atoms with Gasteiger partial charge in [-0.3, -0.25) is 0 Å². The average Bonchev–Trinajstić information content (AvgIpc) is 2.88. The van der Waals surface area contributed by atoms with Crippen LogP contribution in [0.5, 0.6) is 0 Å². The number of hydrogen-bond donors (Lipinski definition) is 3. The van der Waals surface area contributed by atoms with Crippen LogP contribution in [0.4, 0.5) is 10.5 Å². The summed E-state index contributed by atoms with van der Waals surface area (Å²) >= 11 is 0. The molecule has 0 saturated carbocycles. The minimum atomic E-state index is -0.299. The van der Waals surface area contributed by atoms with Gasteiger partial charge in [-0.05, 0) is 25.1 Å². The maximum absolute atomic E-state index is 11.9. The van der Waals surface area contributed by atoms with E-state index in [9.17, 15) is 4.79 Å². The van der Waals surface area contributed by atoms with Gasteiger partial charge in [0.05, 0.1) is 5.69 Å². The number of carbonyl (C=O) groups excluding carboxylic acids is 1. The van der Waals surface area contributed by atoms with Crippen LogP contribution in [0.3, 0.4) is 0 Å². The van der Waals surface area contributed by atoms with Gasteiger partial charge in [0, 0.05) is 6.54 Å². The molecule has 1 atom stereocenters. The number of urea groups is 1. The SMILES string of the molecule is Cl.O=C1NC2(CCNC2)NN1c1ccccc1. The Morgan fingerprint density at radius 2 is 2.00 bits per heavy atom. The Kier molecular flexibility index (Phi) is 3.24. The molecule has 0 aliphatic carbocycles. The van der Waals surface area contributed by atoms with E-state index in [4.69, 9.17) is 0 Å². The lowest BCUT2D eigenvalue weighted by Gasteiger charge is -2.23. The van der Waals surface area contributed by atoms with Gasteiger partial charge in [0.1, 0.15) is 5.66 Å². The number of carbonyl (C=O) groups is 1. The van der Waals surface area contributed by atoms with Gasteiger partial charge >= 0.3 is 6.03 Å². The summed E-state index contributed by atoms with van der Waals surface area (Å²) < 4.78 is 0. The smallest absolute Gasteiger partial charge is 0.316 e. The van der Waals surface area contributed by atoms with Crippen molar-refractivity contribution < 1.29 is 4.79 Å². The molecule has 2 saturated heterocycles. The predicted octanol–water partition coefficient (Wildman–Crippen LogP) is 0.832. The third-order valence-corrected chi connectivity index (χ3v) is 3.04. The molecule has 3 rings (SSSR count). The lowest BCUT2D eigenvalue weighted by Crippen LogP contribution is -2.52. The first-order chi connectivity index (χ1) is 7.79. The monoisotopic (exact) mass is 254 g/mol. The number of hydrogen-bond acceptors (Lipinski definition) is 3. The minimum absolute atomic E-state index is 0. The molecule has 3 N–H and O–H groups in total. The highest BCUT2D eigenvalue weighted by molar-refractivity contribution is 5.93. The highest BCUT2D eigenvalue weighted by Gasteiger charge is 2.44. The Hall–Kier alpha value is -1.30. The molecule has 0 aromatic heterocycles. The number of nitrogens with one attached hydrogen (secondary N) is 3. The van der Waals surface area contributed by atoms with Crippen molar-refractivity contribution in [1.82, 2.24) is 16.1 Å². The van der Waals surface area contributed by atoms with Crippen LogP contribution in [-0.2, 0) is 0 Å². The lowest BCUT2D eigenvalue weighted by molar-refractivity contribution is 0.247. The summed E-state index contributed by atoms with van der Waals surface area (Å²) in [7, 11) is 0. The molecule has 92 valence electrons. The van der Waals surface area contributed by atoms with E-state index >= 15 is 0 Å². The summed E-state index contributed by atoms with van der Waals surface area (Å²) in [5.41, 5.74) is 3.81. The van der Waals surface area contributed by atoms with E-state index in [0.717, 1.165) is 25.2 Å². The first-order valence-corrected chi connectivity index (χ1v) is 5.45. The summed E-state index contributed by atoms with van der Waals surface area (Å²) in [5.74, 6) is 0. The van der Waals surface area contributed by atoms with Crippen LogP contribution in [0, 0.1) is 0 Å². The summed E-state index contributed by atoms with van der Waals surface area (Å²) in [6.45, 7) is 1.69. The quantitative estimate of drug-likeness (QED) is 0.696. The van der Waals surface area contributed by atoms with Gasteiger partial charge in [-0.2, -0.15) is 5.43 Å². The molecule has 1 aromatic rings. The predicted molar refractivity (Wildman–Crippen MR) is 68.1 cm³/mol. The Morgan fingerprint density at radius 1 is 1.24 bits per heavy atom. The van der Waals surface area contributed by atoms with Gasteiger partial charge < -0.3 is 10.6 Å². The standard InChI is InChI=1S/C11H14N4O.ClH/c16-10-13-11(6-7-12-8-11)14-15(10)9-4-2-1-3-5-9;/h1-5,12,14H,6-8H2,(H,13,16);1H. The second kappa shape index (κ2) is 4.52. The molecule has 2 fully saturated rings. The lowest BCUT2D eigenvalue weighted by atomic mass is 10.1. The highest BCUT2D eigenvalue weighted by atomic mass is 35.5. The molecule has 5 nitrogen and oxygen atoms in total. The van der Waals surface area contributed by atoms with Crippen LogP contribution in [0.1, 0.15) is 6.42 Å². The summed E-state index contributed by atoms with van der Waals surface area (Å²) in [5, 5.41) is 7.81. The number of hydrazine groups is 1. The Labute approximate surface area is 106 Å². The van der Waals surface area contributed by atoms with Gasteiger partial charge in [-0.1, -0.05) is 18.2 Å². The maximum Gasteiger partial charge on any atom is 0.338 e. The number of para-hydroxylation sites is 1. The Bertz CT molecular complexity index is 405. The second-order valence-corrected chi connectivity index (χ2v) is 4.22. The van der Waals surface area contributed by atoms with E-state index in [1.165, 1.54) is 0 Å². The molecule has 2 aliphatic heterocycles. The third-order valence-electron chi connectivity index (χ3n) is 3.04. The maximum atomic E-state index is 11.9. The van der Waals surface area contributed by atoms with Crippen LogP contribution in [0.15, 0.2) is 30.3 Å². The van der Waals surface area contributed by atoms with E-state index in [0.29, 0.717) is 0 Å². The van der Waals surface area contributed by atoms with Crippen LogP contribution in [-0.4, -0.2) is 24.8 Å². The molecular weight excluding hydrogens is 240 g/mol. The van der Waals surface area contributed by atoms with Crippen molar-refractivity contribution >= 4 is 24.1 Å². The zero-order chi connectivity index (χ0) is 11.0. The van der Waals surface area contributed by atoms with E-state index in [1.54, 1.807) is 5.01 Å². The average molecular weight is 255 g/mol. The highest BCUT2D eigenvalue weighted by Crippen LogP contribution is 2.22. The Balaban J connectivity index is 0.00000108. The largest absolute Gasteiger partial charge is 0.338 e. The zero-order valence-electron chi connectivity index (χ0n) is 9.27. The van der Waals surface area contributed by atoms with E-state index in [-0.39, 0.29) is 24.1 Å². The zero-order valence-corrected chi connectivity index (χ0v) is 10.1. The van der Waals surface area contributed by atoms with Gasteiger partial charge in [-0.25, -0.2) is 9.80 Å². The number of rotatable bonds is 1. The number of benzene rings is 1. The number of halogens is 1. The molecule has 17 heavy (non-hydrogen) atoms. The molecule has 2 amide bonds. The van der Waals surface area contributed by atoms with Crippen molar-refractivity contribution in [3.63, 3.8) is 0 Å². The van der Waals surface area contributed by atoms with Crippen molar-refractivity contribution in [2.75, 3.05) is 18.1 Å². The van der Waals surface area contributed by atoms with Crippen LogP contribution in [0.25, 0.3) is 0 Å². The molecule has 0 bridgehead atoms. The fourth-order valence-electron chi connectivity index (χ4n) is 2.21. The molecule has 1 aromatic carbocycles. The van der Waals surface area contributed by atoms with Crippen molar-refractivity contribution in [3.05, 3.63) is 30.3 Å². The molecule has 6 heteroatoms. The van der Waals surface area contributed by atoms with Gasteiger partial charge in [0.25, 0.3) is 0 Å². The van der Waals surface area contributed by atoms with Crippen molar-refractivity contribution in [2.45, 2.75) is 12.1 Å². The van der Waals surface area contributed by atoms with Crippen molar-refractivity contribution in [3.8, 4) is 0 Å². The Morgan fingerprint density at radius 3 is 2.65 bits per heavy atom. The molecule has 2 aliphatic rings. The summed E-state index contributed by atoms with van der Waals surface area (Å²) in [6.07, 6.45) is 0.905. The number of nitrogens with zero attached hydrogens (tertiary/aromatic N) is 1. The fourth-order valence-corrected chi connectivity index (χ4v) is 2.21. The first kappa shape index (κ1) is 12.2. The molecular formula is C11H15ClN4O. The van der Waals surface area contributed by atoms with Crippen LogP contribution in [0.2, 0.25) is 0 Å². The van der Waals surface area contributed by atoms with Gasteiger partial charge in [0.2, 0.25) is 0 Å². The second-order valence-electron chi connectivity index (χ2n) is 4.22. The van der Waals surface area contributed by atoms with E-state index < -0.39 is 0 Å². The first-order valence-electron chi connectivity index (χ1n) is 5.45. The molecule has 0 radical (unpaired) electrons. The summed E-state index contributed by atoms with van der Waals surface area (Å²) in [4.78, 5) is 11.9. The van der Waals surface area contributed by atoms with Crippen LogP contribution >= 0.6 is 12.4 Å². The number of anilines is 1. The summed E-state index contributed by atoms with van der Waals surface area (Å²) in [6, 6.07) is 9.51. The van der Waals surface area contributed by atoms with Crippen molar-refractivity contribution in [2.24, 2.45) is 0 Å². The number of amides is 2. The normalized spacial score (nSPS) is 27.1. The van der Waals surface area contributed by atoms with E-state index in [1.807, 2.05) is 30.3 Å².